The molecule has 0 saturated carbocycles. The van der Waals surface area contributed by atoms with E-state index in [-0.39, 0.29) is 0 Å². The topological polar surface area (TPSA) is 38.7 Å². The summed E-state index contributed by atoms with van der Waals surface area (Å²) in [5.74, 6) is 0. The molecule has 0 heterocycles. The van der Waals surface area contributed by atoms with Gasteiger partial charge in [0.25, 0.3) is 0 Å². The van der Waals surface area contributed by atoms with Crippen LogP contribution in [0.1, 0.15) is 110 Å². The van der Waals surface area contributed by atoms with Gasteiger partial charge in [0.15, 0.2) is 0 Å². The summed E-state index contributed by atoms with van der Waals surface area (Å²) >= 11 is 0. The fourth-order valence-electron chi connectivity index (χ4n) is 2.75. The van der Waals surface area contributed by atoms with Gasteiger partial charge in [-0.2, -0.15) is 0 Å². The van der Waals surface area contributed by atoms with E-state index in [1.54, 1.807) is 0 Å². The van der Waals surface area contributed by atoms with Gasteiger partial charge in [-0.25, -0.2) is 10.1 Å². The van der Waals surface area contributed by atoms with Gasteiger partial charge in [0.1, 0.15) is 0 Å². The van der Waals surface area contributed by atoms with Crippen molar-refractivity contribution < 1.29 is 15.2 Å². The van der Waals surface area contributed by atoms with E-state index in [1.807, 2.05) is 0 Å². The van der Waals surface area contributed by atoms with Crippen molar-refractivity contribution in [1.82, 2.24) is 0 Å². The van der Waals surface area contributed by atoms with Gasteiger partial charge in [-0.1, -0.05) is 108 Å². The summed E-state index contributed by atoms with van der Waals surface area (Å²) in [7, 11) is 0. The Balaban J connectivity index is 2.90. The third-order valence-corrected chi connectivity index (χ3v) is 4.13. The molecule has 3 heteroatoms. The van der Waals surface area contributed by atoms with Crippen LogP contribution in [0.25, 0.3) is 0 Å². The largest absolute Gasteiger partial charge is 0.221 e. The van der Waals surface area contributed by atoms with Crippen LogP contribution in [0.3, 0.4) is 0 Å². The maximum Gasteiger partial charge on any atom is 0.0853 e. The smallest absolute Gasteiger partial charge is 0.0853 e. The highest BCUT2D eigenvalue weighted by Crippen LogP contribution is 2.13. The zero-order valence-corrected chi connectivity index (χ0v) is 14.3. The SMILES string of the molecule is CCCCCCCCCCCCCCCCCCOOO. The van der Waals surface area contributed by atoms with Crippen LogP contribution in [-0.2, 0) is 9.93 Å². The third-order valence-electron chi connectivity index (χ3n) is 4.13. The van der Waals surface area contributed by atoms with E-state index in [0.717, 1.165) is 6.42 Å². The predicted octanol–water partition coefficient (Wildman–Crippen LogP) is 6.67. The minimum absolute atomic E-state index is 0.495. The van der Waals surface area contributed by atoms with E-state index in [9.17, 15) is 0 Å². The van der Waals surface area contributed by atoms with E-state index in [1.165, 1.54) is 96.3 Å². The second kappa shape index (κ2) is 19.9. The van der Waals surface area contributed by atoms with Crippen molar-refractivity contribution in [2.45, 2.75) is 110 Å². The molecule has 0 aromatic carbocycles. The standard InChI is InChI=1S/C18H38O3/c1-2-3-4-5-6-7-8-9-10-11-12-13-14-15-16-17-18-20-21-19/h19H,2-18H2,1H3. The lowest BCUT2D eigenvalue weighted by molar-refractivity contribution is -0.490. The van der Waals surface area contributed by atoms with Crippen molar-refractivity contribution in [3.05, 3.63) is 0 Å². The first-order valence-corrected chi connectivity index (χ1v) is 9.35. The Bertz CT molecular complexity index is 156. The average Bonchev–Trinajstić information content (AvgIpc) is 2.50. The summed E-state index contributed by atoms with van der Waals surface area (Å²) in [6.07, 6.45) is 21.8. The Labute approximate surface area is 132 Å². The maximum absolute atomic E-state index is 7.97. The molecule has 21 heavy (non-hydrogen) atoms. The van der Waals surface area contributed by atoms with Crippen molar-refractivity contribution in [3.8, 4) is 0 Å². The lowest BCUT2D eigenvalue weighted by atomic mass is 10.0. The van der Waals surface area contributed by atoms with Gasteiger partial charge in [-0.15, -0.1) is 0 Å². The second-order valence-corrected chi connectivity index (χ2v) is 6.20. The van der Waals surface area contributed by atoms with Crippen LogP contribution in [0, 0.1) is 0 Å². The van der Waals surface area contributed by atoms with Crippen LogP contribution in [-0.4, -0.2) is 11.9 Å². The van der Waals surface area contributed by atoms with Gasteiger partial charge in [0, 0.05) is 0 Å². The fourth-order valence-corrected chi connectivity index (χ4v) is 2.75. The molecule has 0 aliphatic carbocycles. The summed E-state index contributed by atoms with van der Waals surface area (Å²) < 4.78 is 0. The van der Waals surface area contributed by atoms with E-state index in [4.69, 9.17) is 5.26 Å². The first-order chi connectivity index (χ1) is 10.4. The van der Waals surface area contributed by atoms with E-state index in [0.29, 0.717) is 6.61 Å². The molecule has 0 amide bonds. The van der Waals surface area contributed by atoms with Crippen molar-refractivity contribution in [1.29, 1.82) is 0 Å². The first-order valence-electron chi connectivity index (χ1n) is 9.35. The lowest BCUT2D eigenvalue weighted by Gasteiger charge is -2.03. The van der Waals surface area contributed by atoms with Crippen molar-refractivity contribution in [3.63, 3.8) is 0 Å². The average molecular weight is 302 g/mol. The van der Waals surface area contributed by atoms with Crippen LogP contribution in [0.5, 0.6) is 0 Å². The molecule has 0 atom stereocenters. The zero-order chi connectivity index (χ0) is 15.4. The molecule has 128 valence electrons. The minimum Gasteiger partial charge on any atom is -0.221 e. The number of hydrogen-bond donors (Lipinski definition) is 1. The van der Waals surface area contributed by atoms with Gasteiger partial charge >= 0.3 is 0 Å². The Morgan fingerprint density at radius 1 is 0.524 bits per heavy atom. The Hall–Kier alpha value is -0.120. The number of hydrogen-bond acceptors (Lipinski definition) is 3. The highest BCUT2D eigenvalue weighted by Gasteiger charge is 1.94. The Morgan fingerprint density at radius 3 is 1.19 bits per heavy atom. The molecule has 0 radical (unpaired) electrons. The van der Waals surface area contributed by atoms with Gasteiger partial charge in [-0.3, -0.25) is 0 Å². The number of unbranched alkanes of at least 4 members (excludes halogenated alkanes) is 15. The van der Waals surface area contributed by atoms with Gasteiger partial charge in [-0.05, 0) is 6.42 Å². The highest BCUT2D eigenvalue weighted by molar-refractivity contribution is 4.49. The highest BCUT2D eigenvalue weighted by atomic mass is 17.5. The number of rotatable bonds is 18. The van der Waals surface area contributed by atoms with Crippen LogP contribution in [0.2, 0.25) is 0 Å². The summed E-state index contributed by atoms with van der Waals surface area (Å²) in [6, 6.07) is 0. The van der Waals surface area contributed by atoms with Crippen LogP contribution in [0.15, 0.2) is 0 Å². The molecular formula is C18H38O3. The van der Waals surface area contributed by atoms with Crippen molar-refractivity contribution in [2.24, 2.45) is 0 Å². The normalized spacial score (nSPS) is 11.1. The van der Waals surface area contributed by atoms with Gasteiger partial charge in [0.05, 0.1) is 6.61 Å². The molecule has 1 N–H and O–H groups in total. The fraction of sp³-hybridized carbons (Fsp3) is 1.00. The Kier molecular flexibility index (Phi) is 19.8. The predicted molar refractivity (Wildman–Crippen MR) is 89.2 cm³/mol. The monoisotopic (exact) mass is 302 g/mol. The summed E-state index contributed by atoms with van der Waals surface area (Å²) in [5, 5.41) is 11.5. The van der Waals surface area contributed by atoms with Crippen molar-refractivity contribution in [2.75, 3.05) is 6.61 Å². The van der Waals surface area contributed by atoms with Crippen LogP contribution >= 0.6 is 0 Å². The quantitative estimate of drug-likeness (QED) is 0.174. The minimum atomic E-state index is 0.495. The molecule has 0 spiro atoms. The van der Waals surface area contributed by atoms with Crippen LogP contribution in [0.4, 0.5) is 0 Å². The van der Waals surface area contributed by atoms with Crippen molar-refractivity contribution >= 4 is 0 Å². The van der Waals surface area contributed by atoms with Gasteiger partial charge < -0.3 is 0 Å². The summed E-state index contributed by atoms with van der Waals surface area (Å²) in [4.78, 5) is 4.41. The first kappa shape index (κ1) is 20.9. The maximum atomic E-state index is 7.97. The second-order valence-electron chi connectivity index (χ2n) is 6.20. The molecule has 3 nitrogen and oxygen atoms in total. The Morgan fingerprint density at radius 2 is 0.857 bits per heavy atom. The molecule has 0 aromatic heterocycles. The lowest BCUT2D eigenvalue weighted by Crippen LogP contribution is -1.92. The molecule has 0 saturated heterocycles. The van der Waals surface area contributed by atoms with E-state index < -0.39 is 0 Å². The zero-order valence-electron chi connectivity index (χ0n) is 14.3. The molecule has 0 unspecified atom stereocenters. The van der Waals surface area contributed by atoms with E-state index in [2.05, 4.69) is 16.8 Å². The summed E-state index contributed by atoms with van der Waals surface area (Å²) in [6.45, 7) is 2.77. The van der Waals surface area contributed by atoms with Crippen LogP contribution < -0.4 is 0 Å². The molecule has 0 bridgehead atoms. The molecule has 0 fully saturated rings. The molecule has 0 aliphatic rings. The summed E-state index contributed by atoms with van der Waals surface area (Å²) in [5.41, 5.74) is 0. The van der Waals surface area contributed by atoms with E-state index >= 15 is 0 Å². The molecule has 0 aromatic rings. The molecular weight excluding hydrogens is 264 g/mol. The van der Waals surface area contributed by atoms with Gasteiger partial charge in [0.2, 0.25) is 0 Å². The molecule has 0 aliphatic heterocycles. The molecule has 0 rings (SSSR count). The third kappa shape index (κ3) is 19.9.